The summed E-state index contributed by atoms with van der Waals surface area (Å²) in [6.07, 6.45) is 1.58. The van der Waals surface area contributed by atoms with Crippen molar-refractivity contribution in [2.24, 2.45) is 0 Å². The Balaban J connectivity index is 1.58. The molecular formula is C17H18F2N6O. The summed E-state index contributed by atoms with van der Waals surface area (Å²) in [6, 6.07) is 7.67. The first-order valence-corrected chi connectivity index (χ1v) is 8.38. The van der Waals surface area contributed by atoms with Gasteiger partial charge in [0, 0.05) is 18.7 Å². The Bertz CT molecular complexity index is 894. The summed E-state index contributed by atoms with van der Waals surface area (Å²) in [5, 5.41) is 11.0. The lowest BCUT2D eigenvalue weighted by molar-refractivity contribution is 0.0817. The van der Waals surface area contributed by atoms with Crippen LogP contribution >= 0.6 is 0 Å². The van der Waals surface area contributed by atoms with E-state index in [1.165, 1.54) is 6.20 Å². The number of nitrogens with one attached hydrogen (secondary N) is 2. The molecule has 3 aromatic rings. The van der Waals surface area contributed by atoms with Crippen molar-refractivity contribution < 1.29 is 13.5 Å². The number of fused-ring (bicyclic) bond motifs is 1. The molecule has 3 aromatic heterocycles. The molecule has 4 heterocycles. The summed E-state index contributed by atoms with van der Waals surface area (Å²) in [6.45, 7) is 1.26. The molecule has 0 spiro atoms. The Morgan fingerprint density at radius 2 is 2.27 bits per heavy atom. The molecule has 0 radical (unpaired) electrons. The van der Waals surface area contributed by atoms with E-state index in [4.69, 9.17) is 4.74 Å². The topological polar surface area (TPSA) is 76.4 Å². The number of aromatic nitrogens is 4. The Hall–Kier alpha value is -2.81. The monoisotopic (exact) mass is 360 g/mol. The molecule has 1 unspecified atom stereocenters. The number of rotatable bonds is 6. The normalized spacial score (nSPS) is 17.1. The highest BCUT2D eigenvalue weighted by molar-refractivity contribution is 5.61. The van der Waals surface area contributed by atoms with E-state index in [0.29, 0.717) is 17.4 Å². The third kappa shape index (κ3) is 3.57. The van der Waals surface area contributed by atoms with Crippen molar-refractivity contribution in [3.63, 3.8) is 0 Å². The van der Waals surface area contributed by atoms with Crippen molar-refractivity contribution in [3.05, 3.63) is 36.7 Å². The first-order valence-electron chi connectivity index (χ1n) is 8.38. The highest BCUT2D eigenvalue weighted by atomic mass is 19.3. The maximum Gasteiger partial charge on any atom is 0.272 e. The molecule has 0 amide bonds. The minimum atomic E-state index is -2.53. The number of anilines is 1. The van der Waals surface area contributed by atoms with E-state index in [0.717, 1.165) is 31.0 Å². The average Bonchev–Trinajstić information content (AvgIpc) is 3.29. The van der Waals surface area contributed by atoms with E-state index < -0.39 is 13.0 Å². The average molecular weight is 360 g/mol. The number of hydrogen-bond donors (Lipinski definition) is 2. The van der Waals surface area contributed by atoms with Crippen LogP contribution in [0.25, 0.3) is 17.0 Å². The van der Waals surface area contributed by atoms with Gasteiger partial charge in [0.05, 0.1) is 18.1 Å². The van der Waals surface area contributed by atoms with Crippen LogP contribution in [0.5, 0.6) is 5.75 Å². The van der Waals surface area contributed by atoms with Crippen molar-refractivity contribution >= 4 is 11.5 Å². The van der Waals surface area contributed by atoms with Crippen LogP contribution in [-0.2, 0) is 0 Å². The highest BCUT2D eigenvalue weighted by Gasteiger charge is 2.15. The van der Waals surface area contributed by atoms with E-state index in [2.05, 4.69) is 25.7 Å². The second-order valence-corrected chi connectivity index (χ2v) is 6.05. The van der Waals surface area contributed by atoms with Crippen molar-refractivity contribution in [2.75, 3.05) is 25.0 Å². The van der Waals surface area contributed by atoms with Gasteiger partial charge in [-0.2, -0.15) is 5.10 Å². The van der Waals surface area contributed by atoms with E-state index in [1.807, 2.05) is 18.2 Å². The van der Waals surface area contributed by atoms with Crippen LogP contribution < -0.4 is 15.4 Å². The largest absolute Gasteiger partial charge is 0.486 e. The molecule has 0 aliphatic carbocycles. The fourth-order valence-corrected chi connectivity index (χ4v) is 2.92. The smallest absolute Gasteiger partial charge is 0.272 e. The van der Waals surface area contributed by atoms with E-state index in [1.54, 1.807) is 16.8 Å². The summed E-state index contributed by atoms with van der Waals surface area (Å²) < 4.78 is 31.1. The maximum absolute atomic E-state index is 12.3. The number of halogens is 2. The van der Waals surface area contributed by atoms with Gasteiger partial charge in [0.2, 0.25) is 0 Å². The van der Waals surface area contributed by atoms with E-state index >= 15 is 0 Å². The molecule has 1 aliphatic heterocycles. The minimum Gasteiger partial charge on any atom is -0.486 e. The molecule has 9 heteroatoms. The van der Waals surface area contributed by atoms with Crippen LogP contribution in [-0.4, -0.2) is 51.7 Å². The number of hydrogen-bond acceptors (Lipinski definition) is 6. The maximum atomic E-state index is 12.3. The lowest BCUT2D eigenvalue weighted by Crippen LogP contribution is -2.22. The number of ether oxygens (including phenoxy) is 1. The lowest BCUT2D eigenvalue weighted by Gasteiger charge is -2.12. The predicted molar refractivity (Wildman–Crippen MR) is 92.6 cm³/mol. The number of nitrogens with zero attached hydrogens (tertiary/aromatic N) is 4. The van der Waals surface area contributed by atoms with Crippen LogP contribution in [0.3, 0.4) is 0 Å². The van der Waals surface area contributed by atoms with Gasteiger partial charge < -0.3 is 15.4 Å². The van der Waals surface area contributed by atoms with Crippen LogP contribution in [0.15, 0.2) is 36.7 Å². The SMILES string of the molecule is FC(F)COc1cnn2c(-c3cccc(NC4CCNC4)n3)cnc2c1. The predicted octanol–water partition coefficient (Wildman–Crippen LogP) is 2.21. The molecule has 0 bridgehead atoms. The van der Waals surface area contributed by atoms with Gasteiger partial charge in [0.1, 0.15) is 23.9 Å². The van der Waals surface area contributed by atoms with Crippen LogP contribution in [0, 0.1) is 0 Å². The zero-order valence-corrected chi connectivity index (χ0v) is 13.9. The first kappa shape index (κ1) is 16.6. The van der Waals surface area contributed by atoms with Gasteiger partial charge in [-0.1, -0.05) is 6.07 Å². The van der Waals surface area contributed by atoms with Crippen molar-refractivity contribution in [1.82, 2.24) is 24.9 Å². The Kier molecular flexibility index (Phi) is 4.61. The van der Waals surface area contributed by atoms with Gasteiger partial charge in [-0.05, 0) is 25.1 Å². The van der Waals surface area contributed by atoms with Gasteiger partial charge in [0.25, 0.3) is 6.43 Å². The zero-order valence-electron chi connectivity index (χ0n) is 13.9. The van der Waals surface area contributed by atoms with Crippen LogP contribution in [0.1, 0.15) is 6.42 Å². The Morgan fingerprint density at radius 1 is 1.35 bits per heavy atom. The Labute approximate surface area is 148 Å². The minimum absolute atomic E-state index is 0.257. The molecule has 1 fully saturated rings. The molecule has 7 nitrogen and oxygen atoms in total. The summed E-state index contributed by atoms with van der Waals surface area (Å²) in [5.74, 6) is 1.05. The van der Waals surface area contributed by atoms with Crippen LogP contribution in [0.2, 0.25) is 0 Å². The van der Waals surface area contributed by atoms with Gasteiger partial charge in [-0.25, -0.2) is 23.3 Å². The standard InChI is InChI=1S/C17H18F2N6O/c18-15(19)10-26-12-6-17-21-9-14(25(17)22-8-12)13-2-1-3-16(24-13)23-11-4-5-20-7-11/h1-3,6,8-9,11,15,20H,4-5,7,10H2,(H,23,24). The molecule has 1 aliphatic rings. The quantitative estimate of drug-likeness (QED) is 0.702. The summed E-state index contributed by atoms with van der Waals surface area (Å²) in [4.78, 5) is 8.92. The fourth-order valence-electron chi connectivity index (χ4n) is 2.92. The molecule has 136 valence electrons. The lowest BCUT2D eigenvalue weighted by atomic mass is 10.2. The van der Waals surface area contributed by atoms with Crippen molar-refractivity contribution in [2.45, 2.75) is 18.9 Å². The van der Waals surface area contributed by atoms with Crippen molar-refractivity contribution in [3.8, 4) is 17.1 Å². The van der Waals surface area contributed by atoms with Crippen LogP contribution in [0.4, 0.5) is 14.6 Å². The molecular weight excluding hydrogens is 342 g/mol. The third-order valence-electron chi connectivity index (χ3n) is 4.14. The molecule has 1 saturated heterocycles. The Morgan fingerprint density at radius 3 is 3.08 bits per heavy atom. The summed E-state index contributed by atoms with van der Waals surface area (Å²) in [7, 11) is 0. The van der Waals surface area contributed by atoms with E-state index in [9.17, 15) is 8.78 Å². The molecule has 0 aromatic carbocycles. The highest BCUT2D eigenvalue weighted by Crippen LogP contribution is 2.22. The second kappa shape index (κ2) is 7.20. The van der Waals surface area contributed by atoms with Crippen molar-refractivity contribution in [1.29, 1.82) is 0 Å². The first-order chi connectivity index (χ1) is 12.7. The molecule has 0 saturated carbocycles. The molecule has 26 heavy (non-hydrogen) atoms. The van der Waals surface area contributed by atoms with E-state index in [-0.39, 0.29) is 5.75 Å². The summed E-state index contributed by atoms with van der Waals surface area (Å²) in [5.41, 5.74) is 1.95. The molecule has 4 rings (SSSR count). The fraction of sp³-hybridized carbons (Fsp3) is 0.353. The van der Waals surface area contributed by atoms with Gasteiger partial charge >= 0.3 is 0 Å². The van der Waals surface area contributed by atoms with Gasteiger partial charge in [0.15, 0.2) is 5.65 Å². The van der Waals surface area contributed by atoms with Gasteiger partial charge in [-0.15, -0.1) is 0 Å². The summed E-state index contributed by atoms with van der Waals surface area (Å²) >= 11 is 0. The molecule has 2 N–H and O–H groups in total. The third-order valence-corrected chi connectivity index (χ3v) is 4.14. The molecule has 1 atom stereocenters. The second-order valence-electron chi connectivity index (χ2n) is 6.05. The van der Waals surface area contributed by atoms with Gasteiger partial charge in [-0.3, -0.25) is 0 Å². The number of pyridine rings is 1. The zero-order chi connectivity index (χ0) is 17.9. The number of imidazole rings is 1. The number of alkyl halides is 2.